The quantitative estimate of drug-likeness (QED) is 0.558. The average Bonchev–Trinajstić information content (AvgIpc) is 2.73. The zero-order valence-electron chi connectivity index (χ0n) is 15.8. The summed E-state index contributed by atoms with van der Waals surface area (Å²) >= 11 is 11.7. The van der Waals surface area contributed by atoms with Crippen molar-refractivity contribution >= 4 is 29.1 Å². The van der Waals surface area contributed by atoms with Gasteiger partial charge in [0.25, 0.3) is 5.91 Å². The first-order valence-electron chi connectivity index (χ1n) is 8.71. The lowest BCUT2D eigenvalue weighted by atomic mass is 10.1. The third-order valence-corrected chi connectivity index (χ3v) is 4.59. The molecular formula is C21H21Cl2NO5. The van der Waals surface area contributed by atoms with Crippen molar-refractivity contribution in [3.05, 3.63) is 52.0 Å². The molecule has 1 atom stereocenters. The highest BCUT2D eigenvalue weighted by Gasteiger charge is 2.16. The van der Waals surface area contributed by atoms with Gasteiger partial charge in [0.2, 0.25) is 0 Å². The summed E-state index contributed by atoms with van der Waals surface area (Å²) < 4.78 is 16.0. The van der Waals surface area contributed by atoms with E-state index in [4.69, 9.17) is 43.8 Å². The number of halogens is 2. The number of ether oxygens (including phenoxy) is 3. The van der Waals surface area contributed by atoms with Crippen molar-refractivity contribution in [3.8, 4) is 29.6 Å². The molecule has 0 aliphatic rings. The molecule has 0 bridgehead atoms. The molecule has 0 aromatic heterocycles. The average molecular weight is 438 g/mol. The van der Waals surface area contributed by atoms with Crippen molar-refractivity contribution in [2.45, 2.75) is 12.5 Å². The fourth-order valence-corrected chi connectivity index (χ4v) is 2.66. The molecule has 2 aromatic rings. The van der Waals surface area contributed by atoms with Gasteiger partial charge < -0.3 is 24.6 Å². The summed E-state index contributed by atoms with van der Waals surface area (Å²) in [6, 6.07) is 10.1. The molecule has 0 saturated carbocycles. The van der Waals surface area contributed by atoms with Crippen LogP contribution < -0.4 is 19.5 Å². The predicted octanol–water partition coefficient (Wildman–Crippen LogP) is 3.11. The molecule has 0 saturated heterocycles. The largest absolute Gasteiger partial charge is 0.493 e. The number of benzene rings is 2. The zero-order chi connectivity index (χ0) is 21.2. The molecule has 0 aliphatic carbocycles. The number of aliphatic hydroxyl groups excluding tert-OH is 1. The van der Waals surface area contributed by atoms with Crippen LogP contribution in [0.1, 0.15) is 5.56 Å². The van der Waals surface area contributed by atoms with E-state index in [2.05, 4.69) is 11.2 Å². The standard InChI is InChI=1S/C21H21Cl2NO5/c1-3-10-28-19-7-4-14(11-20(19)27-2)8-9-24-21(26)18(25)13-29-15-5-6-16(22)17(23)12-15/h1,4-7,11-12,18,25H,8-10,13H2,2H3,(H,24,26)/t18-/m1/s1. The summed E-state index contributed by atoms with van der Waals surface area (Å²) in [6.45, 7) is 0.267. The Balaban J connectivity index is 1.79. The molecule has 0 radical (unpaired) electrons. The van der Waals surface area contributed by atoms with Gasteiger partial charge >= 0.3 is 0 Å². The Bertz CT molecular complexity index is 882. The summed E-state index contributed by atoms with van der Waals surface area (Å²) in [6.07, 6.45) is 4.41. The van der Waals surface area contributed by atoms with Crippen LogP contribution in [-0.4, -0.2) is 44.0 Å². The van der Waals surface area contributed by atoms with Gasteiger partial charge in [-0.2, -0.15) is 0 Å². The Labute approximate surface area is 179 Å². The number of rotatable bonds is 10. The monoisotopic (exact) mass is 437 g/mol. The van der Waals surface area contributed by atoms with E-state index < -0.39 is 12.0 Å². The van der Waals surface area contributed by atoms with E-state index in [1.807, 2.05) is 12.1 Å². The van der Waals surface area contributed by atoms with Crippen molar-refractivity contribution in [1.82, 2.24) is 5.32 Å². The molecule has 8 heteroatoms. The Morgan fingerprint density at radius 1 is 1.17 bits per heavy atom. The third kappa shape index (κ3) is 7.06. The van der Waals surface area contributed by atoms with Crippen LogP contribution in [0.3, 0.4) is 0 Å². The molecule has 0 aliphatic heterocycles. The van der Waals surface area contributed by atoms with Crippen LogP contribution in [0.4, 0.5) is 0 Å². The molecule has 2 N–H and O–H groups in total. The SMILES string of the molecule is C#CCOc1ccc(CCNC(=O)[C@H](O)COc2ccc(Cl)c(Cl)c2)cc1OC. The maximum atomic E-state index is 12.0. The Kier molecular flexibility index (Phi) is 8.94. The van der Waals surface area contributed by atoms with E-state index in [9.17, 15) is 9.90 Å². The van der Waals surface area contributed by atoms with Crippen LogP contribution in [0.5, 0.6) is 17.2 Å². The van der Waals surface area contributed by atoms with Gasteiger partial charge in [-0.15, -0.1) is 6.42 Å². The van der Waals surface area contributed by atoms with Gasteiger partial charge in [-0.3, -0.25) is 4.79 Å². The lowest BCUT2D eigenvalue weighted by Gasteiger charge is -2.14. The van der Waals surface area contributed by atoms with Gasteiger partial charge in [0.1, 0.15) is 19.0 Å². The van der Waals surface area contributed by atoms with Crippen LogP contribution in [0.2, 0.25) is 10.0 Å². The number of amides is 1. The summed E-state index contributed by atoms with van der Waals surface area (Å²) in [7, 11) is 1.54. The fourth-order valence-electron chi connectivity index (χ4n) is 2.37. The minimum absolute atomic E-state index is 0.147. The van der Waals surface area contributed by atoms with Crippen molar-refractivity contribution in [3.63, 3.8) is 0 Å². The summed E-state index contributed by atoms with van der Waals surface area (Å²) in [4.78, 5) is 12.0. The summed E-state index contributed by atoms with van der Waals surface area (Å²) in [5.74, 6) is 3.37. The van der Waals surface area contributed by atoms with Crippen LogP contribution >= 0.6 is 23.2 Å². The van der Waals surface area contributed by atoms with Gasteiger partial charge in [0.15, 0.2) is 17.6 Å². The molecule has 0 fully saturated rings. The third-order valence-electron chi connectivity index (χ3n) is 3.85. The van der Waals surface area contributed by atoms with Crippen molar-refractivity contribution < 1.29 is 24.1 Å². The minimum atomic E-state index is -1.32. The molecule has 1 amide bonds. The smallest absolute Gasteiger partial charge is 0.252 e. The molecule has 6 nitrogen and oxygen atoms in total. The topological polar surface area (TPSA) is 77.0 Å². The fraction of sp³-hybridized carbons (Fsp3) is 0.286. The Morgan fingerprint density at radius 2 is 1.97 bits per heavy atom. The molecule has 0 spiro atoms. The first-order valence-corrected chi connectivity index (χ1v) is 9.47. The van der Waals surface area contributed by atoms with Gasteiger partial charge in [-0.05, 0) is 36.2 Å². The van der Waals surface area contributed by atoms with Crippen molar-refractivity contribution in [1.29, 1.82) is 0 Å². The van der Waals surface area contributed by atoms with E-state index in [0.29, 0.717) is 40.3 Å². The molecular weight excluding hydrogens is 417 g/mol. The number of carbonyl (C=O) groups is 1. The minimum Gasteiger partial charge on any atom is -0.493 e. The lowest BCUT2D eigenvalue weighted by Crippen LogP contribution is -2.39. The summed E-state index contributed by atoms with van der Waals surface area (Å²) in [5.41, 5.74) is 0.928. The first kappa shape index (κ1) is 22.7. The van der Waals surface area contributed by atoms with E-state index in [0.717, 1.165) is 5.56 Å². The van der Waals surface area contributed by atoms with E-state index in [1.165, 1.54) is 13.2 Å². The number of hydrogen-bond donors (Lipinski definition) is 2. The van der Waals surface area contributed by atoms with Gasteiger partial charge in [-0.1, -0.05) is 35.2 Å². The predicted molar refractivity (Wildman–Crippen MR) is 112 cm³/mol. The van der Waals surface area contributed by atoms with E-state index >= 15 is 0 Å². The van der Waals surface area contributed by atoms with Crippen molar-refractivity contribution in [2.75, 3.05) is 26.9 Å². The highest BCUT2D eigenvalue weighted by molar-refractivity contribution is 6.42. The first-order chi connectivity index (χ1) is 13.9. The van der Waals surface area contributed by atoms with Gasteiger partial charge in [0, 0.05) is 12.6 Å². The van der Waals surface area contributed by atoms with Crippen LogP contribution in [-0.2, 0) is 11.2 Å². The Hall–Kier alpha value is -2.59. The number of aliphatic hydroxyl groups is 1. The maximum absolute atomic E-state index is 12.0. The Morgan fingerprint density at radius 3 is 2.66 bits per heavy atom. The maximum Gasteiger partial charge on any atom is 0.252 e. The van der Waals surface area contributed by atoms with Crippen molar-refractivity contribution in [2.24, 2.45) is 0 Å². The molecule has 2 aromatic carbocycles. The number of methoxy groups -OCH3 is 1. The molecule has 29 heavy (non-hydrogen) atoms. The summed E-state index contributed by atoms with van der Waals surface area (Å²) in [5, 5.41) is 13.3. The van der Waals surface area contributed by atoms with Gasteiger partial charge in [0.05, 0.1) is 17.2 Å². The zero-order valence-corrected chi connectivity index (χ0v) is 17.3. The normalized spacial score (nSPS) is 11.3. The molecule has 2 rings (SSSR count). The highest BCUT2D eigenvalue weighted by atomic mass is 35.5. The second-order valence-electron chi connectivity index (χ2n) is 5.92. The van der Waals surface area contributed by atoms with Gasteiger partial charge in [-0.25, -0.2) is 0 Å². The van der Waals surface area contributed by atoms with E-state index in [-0.39, 0.29) is 13.2 Å². The lowest BCUT2D eigenvalue weighted by molar-refractivity contribution is -0.130. The number of terminal acetylenes is 1. The second kappa shape index (κ2) is 11.4. The number of hydrogen-bond acceptors (Lipinski definition) is 5. The van der Waals surface area contributed by atoms with E-state index in [1.54, 1.807) is 18.2 Å². The van der Waals surface area contributed by atoms with Crippen LogP contribution in [0, 0.1) is 12.3 Å². The molecule has 0 heterocycles. The highest BCUT2D eigenvalue weighted by Crippen LogP contribution is 2.28. The van der Waals surface area contributed by atoms with Crippen LogP contribution in [0.15, 0.2) is 36.4 Å². The number of carbonyl (C=O) groups excluding carboxylic acids is 1. The van der Waals surface area contributed by atoms with Crippen LogP contribution in [0.25, 0.3) is 0 Å². The number of nitrogens with one attached hydrogen (secondary N) is 1. The molecule has 154 valence electrons. The second-order valence-corrected chi connectivity index (χ2v) is 6.74. The molecule has 0 unspecified atom stereocenters.